The molecule has 0 fully saturated rings. The number of nitrogens with zero attached hydrogens (tertiary/aromatic N) is 1. The summed E-state index contributed by atoms with van der Waals surface area (Å²) in [6.45, 7) is 4.49. The summed E-state index contributed by atoms with van der Waals surface area (Å²) >= 11 is 0. The first-order valence-corrected chi connectivity index (χ1v) is 6.99. The molecule has 1 aromatic rings. The number of nitrogens with two attached hydrogens (primary N) is 1. The van der Waals surface area contributed by atoms with Gasteiger partial charge in [0.05, 0.1) is 6.61 Å². The van der Waals surface area contributed by atoms with Crippen LogP contribution < -0.4 is 16.4 Å². The Morgan fingerprint density at radius 1 is 1.45 bits per heavy atom. The molecule has 1 unspecified atom stereocenters. The van der Waals surface area contributed by atoms with Gasteiger partial charge < -0.3 is 21.1 Å². The summed E-state index contributed by atoms with van der Waals surface area (Å²) in [4.78, 5) is 15.8. The molecule has 1 aromatic carbocycles. The number of ether oxygens (including phenoxy) is 1. The first-order chi connectivity index (χ1) is 10.0. The number of amides is 1. The highest BCUT2D eigenvalue weighted by Crippen LogP contribution is 2.10. The monoisotopic (exact) mass is 420 g/mol. The van der Waals surface area contributed by atoms with Crippen molar-refractivity contribution in [1.82, 2.24) is 5.32 Å². The average molecular weight is 420 g/mol. The van der Waals surface area contributed by atoms with Gasteiger partial charge in [-0.1, -0.05) is 19.1 Å². The van der Waals surface area contributed by atoms with E-state index in [1.165, 1.54) is 5.56 Å². The normalized spacial score (nSPS) is 12.2. The molecule has 124 valence electrons. The van der Waals surface area contributed by atoms with Gasteiger partial charge in [-0.2, -0.15) is 0 Å². The van der Waals surface area contributed by atoms with Gasteiger partial charge in [-0.25, -0.2) is 4.99 Å². The molecular weight excluding hydrogens is 395 g/mol. The van der Waals surface area contributed by atoms with E-state index in [9.17, 15) is 4.79 Å². The van der Waals surface area contributed by atoms with Crippen LogP contribution in [0.3, 0.4) is 0 Å². The predicted molar refractivity (Wildman–Crippen MR) is 101 cm³/mol. The molecule has 6 nitrogen and oxygen atoms in total. The van der Waals surface area contributed by atoms with E-state index in [-0.39, 0.29) is 48.4 Å². The summed E-state index contributed by atoms with van der Waals surface area (Å²) in [6.07, 6.45) is 0.927. The van der Waals surface area contributed by atoms with E-state index >= 15 is 0 Å². The Bertz CT molecular complexity index is 494. The van der Waals surface area contributed by atoms with Gasteiger partial charge in [0.1, 0.15) is 6.54 Å². The van der Waals surface area contributed by atoms with Gasteiger partial charge in [-0.15, -0.1) is 24.0 Å². The Kier molecular flexibility index (Phi) is 10.6. The second-order valence-electron chi connectivity index (χ2n) is 4.80. The topological polar surface area (TPSA) is 88.7 Å². The van der Waals surface area contributed by atoms with E-state index in [4.69, 9.17) is 10.5 Å². The number of hydrogen-bond donors (Lipinski definition) is 3. The maximum absolute atomic E-state index is 11.8. The fourth-order valence-corrected chi connectivity index (χ4v) is 1.82. The Labute approximate surface area is 148 Å². The lowest BCUT2D eigenvalue weighted by atomic mass is 10.1. The van der Waals surface area contributed by atoms with Gasteiger partial charge in [0, 0.05) is 18.8 Å². The molecule has 1 amide bonds. The number of carbonyl (C=O) groups is 1. The largest absolute Gasteiger partial charge is 0.383 e. The minimum absolute atomic E-state index is 0. The Morgan fingerprint density at radius 3 is 2.82 bits per heavy atom. The number of rotatable bonds is 7. The highest BCUT2D eigenvalue weighted by molar-refractivity contribution is 14.0. The maximum Gasteiger partial charge on any atom is 0.246 e. The van der Waals surface area contributed by atoms with Gasteiger partial charge in [0.15, 0.2) is 5.96 Å². The van der Waals surface area contributed by atoms with E-state index < -0.39 is 0 Å². The molecule has 0 bridgehead atoms. The van der Waals surface area contributed by atoms with Gasteiger partial charge >= 0.3 is 0 Å². The predicted octanol–water partition coefficient (Wildman–Crippen LogP) is 1.74. The summed E-state index contributed by atoms with van der Waals surface area (Å²) in [5.74, 6) is 0.0319. The first kappa shape index (κ1) is 20.6. The van der Waals surface area contributed by atoms with Crippen LogP contribution in [-0.4, -0.2) is 38.2 Å². The number of guanidine groups is 1. The molecule has 0 aliphatic heterocycles. The van der Waals surface area contributed by atoms with Crippen LogP contribution in [0.15, 0.2) is 29.3 Å². The van der Waals surface area contributed by atoms with Gasteiger partial charge in [0.25, 0.3) is 0 Å². The van der Waals surface area contributed by atoms with Crippen molar-refractivity contribution in [1.29, 1.82) is 0 Å². The molecule has 0 heterocycles. The van der Waals surface area contributed by atoms with Crippen LogP contribution in [0.5, 0.6) is 0 Å². The number of nitrogens with one attached hydrogen (secondary N) is 2. The average Bonchev–Trinajstić information content (AvgIpc) is 2.45. The van der Waals surface area contributed by atoms with Crippen LogP contribution in [0.2, 0.25) is 0 Å². The van der Waals surface area contributed by atoms with Crippen LogP contribution in [0, 0.1) is 0 Å². The van der Waals surface area contributed by atoms with Gasteiger partial charge in [0.2, 0.25) is 5.91 Å². The molecule has 0 saturated heterocycles. The van der Waals surface area contributed by atoms with Gasteiger partial charge in [-0.3, -0.25) is 4.79 Å². The summed E-state index contributed by atoms with van der Waals surface area (Å²) in [5, 5.41) is 5.74. The number of aliphatic imine (C=N–C) groups is 1. The highest BCUT2D eigenvalue weighted by atomic mass is 127. The first-order valence-electron chi connectivity index (χ1n) is 6.99. The second-order valence-corrected chi connectivity index (χ2v) is 4.80. The number of aryl methyl sites for hydroxylation is 1. The molecule has 0 aliphatic rings. The van der Waals surface area contributed by atoms with Crippen molar-refractivity contribution < 1.29 is 9.53 Å². The SMILES string of the molecule is CCc1cccc(NC(=O)CN=C(N)NC(C)COC)c1.I. The number of carbonyl (C=O) groups excluding carboxylic acids is 1. The third-order valence-electron chi connectivity index (χ3n) is 2.82. The fourth-order valence-electron chi connectivity index (χ4n) is 1.82. The molecule has 0 spiro atoms. The zero-order valence-electron chi connectivity index (χ0n) is 13.3. The minimum atomic E-state index is -0.201. The highest BCUT2D eigenvalue weighted by Gasteiger charge is 2.04. The molecule has 0 aromatic heterocycles. The van der Waals surface area contributed by atoms with Crippen molar-refractivity contribution in [3.8, 4) is 0 Å². The zero-order chi connectivity index (χ0) is 15.7. The molecule has 0 saturated carbocycles. The zero-order valence-corrected chi connectivity index (χ0v) is 15.6. The van der Waals surface area contributed by atoms with Crippen LogP contribution in [0.4, 0.5) is 5.69 Å². The second kappa shape index (κ2) is 11.2. The Hall–Kier alpha value is -1.35. The molecule has 0 aliphatic carbocycles. The van der Waals surface area contributed by atoms with Gasteiger partial charge in [-0.05, 0) is 31.0 Å². The lowest BCUT2D eigenvalue weighted by molar-refractivity contribution is -0.114. The summed E-state index contributed by atoms with van der Waals surface area (Å²) in [5.41, 5.74) is 7.64. The van der Waals surface area contributed by atoms with E-state index in [0.717, 1.165) is 12.1 Å². The quantitative estimate of drug-likeness (QED) is 0.356. The fraction of sp³-hybridized carbons (Fsp3) is 0.467. The van der Waals surface area contributed by atoms with E-state index in [2.05, 4.69) is 22.5 Å². The molecule has 0 radical (unpaired) electrons. The van der Waals surface area contributed by atoms with Crippen LogP contribution >= 0.6 is 24.0 Å². The number of hydrogen-bond acceptors (Lipinski definition) is 3. The third-order valence-corrected chi connectivity index (χ3v) is 2.82. The minimum Gasteiger partial charge on any atom is -0.383 e. The number of methoxy groups -OCH3 is 1. The number of halogens is 1. The van der Waals surface area contributed by atoms with Crippen molar-refractivity contribution in [3.05, 3.63) is 29.8 Å². The number of anilines is 1. The van der Waals surface area contributed by atoms with Crippen molar-refractivity contribution in [2.45, 2.75) is 26.3 Å². The molecule has 7 heteroatoms. The van der Waals surface area contributed by atoms with Crippen LogP contribution in [0.25, 0.3) is 0 Å². The van der Waals surface area contributed by atoms with E-state index in [1.54, 1.807) is 7.11 Å². The van der Waals surface area contributed by atoms with Crippen LogP contribution in [0.1, 0.15) is 19.4 Å². The summed E-state index contributed by atoms with van der Waals surface area (Å²) in [7, 11) is 1.61. The van der Waals surface area contributed by atoms with E-state index in [0.29, 0.717) is 6.61 Å². The molecule has 1 rings (SSSR count). The van der Waals surface area contributed by atoms with Crippen molar-refractivity contribution >= 4 is 41.5 Å². The molecule has 4 N–H and O–H groups in total. The van der Waals surface area contributed by atoms with E-state index in [1.807, 2.05) is 31.2 Å². The third kappa shape index (κ3) is 8.18. The molecule has 22 heavy (non-hydrogen) atoms. The summed E-state index contributed by atoms with van der Waals surface area (Å²) < 4.78 is 4.98. The Morgan fingerprint density at radius 2 is 2.18 bits per heavy atom. The summed E-state index contributed by atoms with van der Waals surface area (Å²) in [6, 6.07) is 7.78. The Balaban J connectivity index is 0.00000441. The van der Waals surface area contributed by atoms with Crippen molar-refractivity contribution in [2.24, 2.45) is 10.7 Å². The van der Waals surface area contributed by atoms with Crippen molar-refractivity contribution in [3.63, 3.8) is 0 Å². The molecular formula is C15H25IN4O2. The standard InChI is InChI=1S/C15H24N4O2.HI/c1-4-12-6-5-7-13(8-12)19-14(20)9-17-15(16)18-11(2)10-21-3;/h5-8,11H,4,9-10H2,1-3H3,(H,19,20)(H3,16,17,18);1H. The number of benzene rings is 1. The van der Waals surface area contributed by atoms with Crippen molar-refractivity contribution in [2.75, 3.05) is 25.6 Å². The van der Waals surface area contributed by atoms with Crippen LogP contribution in [-0.2, 0) is 16.0 Å². The lowest BCUT2D eigenvalue weighted by Gasteiger charge is -2.13. The smallest absolute Gasteiger partial charge is 0.246 e. The molecule has 1 atom stereocenters. The maximum atomic E-state index is 11.8. The lowest BCUT2D eigenvalue weighted by Crippen LogP contribution is -2.41.